The minimum absolute atomic E-state index is 0.366. The summed E-state index contributed by atoms with van der Waals surface area (Å²) in [5, 5.41) is 0.366. The van der Waals surface area contributed by atoms with Crippen molar-refractivity contribution in [3.05, 3.63) is 52.4 Å². The molecule has 3 aromatic rings. The molecule has 2 aromatic heterocycles. The molecule has 0 fully saturated rings. The third-order valence-corrected chi connectivity index (χ3v) is 5.03. The van der Waals surface area contributed by atoms with Gasteiger partial charge in [-0.2, -0.15) is 0 Å². The molecule has 0 aliphatic carbocycles. The Bertz CT molecular complexity index is 743. The first-order chi connectivity index (χ1) is 9.29. The lowest BCUT2D eigenvalue weighted by Crippen LogP contribution is -1.94. The highest BCUT2D eigenvalue weighted by Gasteiger charge is 2.25. The van der Waals surface area contributed by atoms with Crippen LogP contribution in [0, 0.1) is 0 Å². The number of benzene rings is 1. The average molecular weight is 332 g/mol. The van der Waals surface area contributed by atoms with Crippen LogP contribution in [0.4, 0.5) is 0 Å². The van der Waals surface area contributed by atoms with Crippen molar-refractivity contribution in [1.82, 2.24) is 15.0 Å². The first kappa shape index (κ1) is 11.5. The molecule has 5 heteroatoms. The van der Waals surface area contributed by atoms with Gasteiger partial charge in [-0.3, -0.25) is 0 Å². The molecule has 1 aliphatic heterocycles. The fourth-order valence-electron chi connectivity index (χ4n) is 2.38. The van der Waals surface area contributed by atoms with Crippen molar-refractivity contribution in [1.29, 1.82) is 0 Å². The zero-order valence-corrected chi connectivity index (χ0v) is 12.3. The number of aromatic nitrogens is 3. The van der Waals surface area contributed by atoms with Gasteiger partial charge in [0.25, 0.3) is 0 Å². The standard InChI is InChI=1S/C14H10BrN3S/c15-9-6-10-13(16-7-9)18-14(17-10)12-5-8-3-1-2-4-11(8)19-12/h1-4,6-7,12H,5H2,(H,16,17,18). The first-order valence-corrected chi connectivity index (χ1v) is 7.72. The minimum Gasteiger partial charge on any atom is -0.340 e. The molecule has 3 heterocycles. The lowest BCUT2D eigenvalue weighted by Gasteiger charge is -2.02. The topological polar surface area (TPSA) is 41.6 Å². The molecular formula is C14H10BrN3S. The minimum atomic E-state index is 0.366. The molecule has 0 amide bonds. The fourth-order valence-corrected chi connectivity index (χ4v) is 3.96. The van der Waals surface area contributed by atoms with Crippen LogP contribution in [0.1, 0.15) is 16.6 Å². The molecule has 0 radical (unpaired) electrons. The van der Waals surface area contributed by atoms with Gasteiger partial charge in [0.2, 0.25) is 0 Å². The summed E-state index contributed by atoms with van der Waals surface area (Å²) in [7, 11) is 0. The van der Waals surface area contributed by atoms with Crippen LogP contribution in [0.15, 0.2) is 45.9 Å². The lowest BCUT2D eigenvalue weighted by atomic mass is 10.1. The van der Waals surface area contributed by atoms with Gasteiger partial charge in [-0.25, -0.2) is 9.97 Å². The van der Waals surface area contributed by atoms with Crippen molar-refractivity contribution in [2.45, 2.75) is 16.6 Å². The monoisotopic (exact) mass is 331 g/mol. The second-order valence-electron chi connectivity index (χ2n) is 4.57. The Hall–Kier alpha value is -1.33. The molecule has 3 nitrogen and oxygen atoms in total. The molecule has 94 valence electrons. The largest absolute Gasteiger partial charge is 0.340 e. The highest BCUT2D eigenvalue weighted by Crippen LogP contribution is 2.45. The maximum atomic E-state index is 4.61. The van der Waals surface area contributed by atoms with Crippen molar-refractivity contribution in [3.63, 3.8) is 0 Å². The van der Waals surface area contributed by atoms with Crippen LogP contribution in [0.5, 0.6) is 0 Å². The van der Waals surface area contributed by atoms with E-state index >= 15 is 0 Å². The van der Waals surface area contributed by atoms with E-state index in [0.29, 0.717) is 5.25 Å². The maximum absolute atomic E-state index is 4.61. The maximum Gasteiger partial charge on any atom is 0.177 e. The van der Waals surface area contributed by atoms with Gasteiger partial charge in [-0.1, -0.05) is 18.2 Å². The van der Waals surface area contributed by atoms with E-state index in [-0.39, 0.29) is 0 Å². The van der Waals surface area contributed by atoms with Crippen LogP contribution in [0.2, 0.25) is 0 Å². The zero-order valence-electron chi connectivity index (χ0n) is 9.93. The quantitative estimate of drug-likeness (QED) is 0.729. The van der Waals surface area contributed by atoms with Crippen LogP contribution in [0.25, 0.3) is 11.2 Å². The summed E-state index contributed by atoms with van der Waals surface area (Å²) < 4.78 is 0.970. The van der Waals surface area contributed by atoms with Crippen LogP contribution < -0.4 is 0 Å². The van der Waals surface area contributed by atoms with E-state index in [1.807, 2.05) is 17.8 Å². The number of hydrogen-bond acceptors (Lipinski definition) is 3. The zero-order chi connectivity index (χ0) is 12.8. The van der Waals surface area contributed by atoms with Gasteiger partial charge in [0.1, 0.15) is 5.82 Å². The Morgan fingerprint density at radius 2 is 2.21 bits per heavy atom. The molecule has 4 rings (SSSR count). The summed E-state index contributed by atoms with van der Waals surface area (Å²) in [6.45, 7) is 0. The van der Waals surface area contributed by atoms with Crippen molar-refractivity contribution in [3.8, 4) is 0 Å². The van der Waals surface area contributed by atoms with Gasteiger partial charge >= 0.3 is 0 Å². The number of nitrogens with zero attached hydrogens (tertiary/aromatic N) is 2. The second-order valence-corrected chi connectivity index (χ2v) is 6.73. The molecular weight excluding hydrogens is 322 g/mol. The molecule has 19 heavy (non-hydrogen) atoms. The van der Waals surface area contributed by atoms with E-state index in [2.05, 4.69) is 55.1 Å². The number of fused-ring (bicyclic) bond motifs is 2. The Kier molecular flexibility index (Phi) is 2.63. The average Bonchev–Trinajstić information content (AvgIpc) is 3.00. The normalized spacial score (nSPS) is 17.8. The molecule has 1 aromatic carbocycles. The Balaban J connectivity index is 1.73. The van der Waals surface area contributed by atoms with Gasteiger partial charge in [-0.15, -0.1) is 11.8 Å². The van der Waals surface area contributed by atoms with Crippen molar-refractivity contribution in [2.24, 2.45) is 0 Å². The highest BCUT2D eigenvalue weighted by molar-refractivity contribution is 9.10. The number of aromatic amines is 1. The van der Waals surface area contributed by atoms with E-state index in [0.717, 1.165) is 27.9 Å². The van der Waals surface area contributed by atoms with E-state index < -0.39 is 0 Å². The van der Waals surface area contributed by atoms with E-state index in [4.69, 9.17) is 0 Å². The number of rotatable bonds is 1. The highest BCUT2D eigenvalue weighted by atomic mass is 79.9. The van der Waals surface area contributed by atoms with E-state index in [9.17, 15) is 0 Å². The van der Waals surface area contributed by atoms with E-state index in [1.54, 1.807) is 6.20 Å². The number of thioether (sulfide) groups is 1. The predicted octanol–water partition coefficient (Wildman–Crippen LogP) is 4.11. The number of H-pyrrole nitrogens is 1. The third-order valence-electron chi connectivity index (χ3n) is 3.27. The Labute approximate surface area is 123 Å². The van der Waals surface area contributed by atoms with Gasteiger partial charge in [0.15, 0.2) is 5.65 Å². The van der Waals surface area contributed by atoms with E-state index in [1.165, 1.54) is 10.5 Å². The summed E-state index contributed by atoms with van der Waals surface area (Å²) >= 11 is 5.31. The van der Waals surface area contributed by atoms with Gasteiger partial charge in [0.05, 0.1) is 10.8 Å². The van der Waals surface area contributed by atoms with Crippen LogP contribution in [-0.2, 0) is 6.42 Å². The van der Waals surface area contributed by atoms with Gasteiger partial charge in [0, 0.05) is 15.6 Å². The Morgan fingerprint density at radius 1 is 1.32 bits per heavy atom. The molecule has 0 spiro atoms. The second kappa shape index (κ2) is 4.35. The number of halogens is 1. The van der Waals surface area contributed by atoms with Crippen molar-refractivity contribution in [2.75, 3.05) is 0 Å². The van der Waals surface area contributed by atoms with Crippen LogP contribution >= 0.6 is 27.7 Å². The number of nitrogens with one attached hydrogen (secondary N) is 1. The smallest absolute Gasteiger partial charge is 0.177 e. The molecule has 0 saturated heterocycles. The summed E-state index contributed by atoms with van der Waals surface area (Å²) in [6, 6.07) is 10.6. The lowest BCUT2D eigenvalue weighted by molar-refractivity contribution is 0.880. The van der Waals surface area contributed by atoms with Gasteiger partial charge < -0.3 is 4.98 Å². The predicted molar refractivity (Wildman–Crippen MR) is 80.3 cm³/mol. The molecule has 1 atom stereocenters. The van der Waals surface area contributed by atoms with Gasteiger partial charge in [-0.05, 0) is 40.0 Å². The molecule has 1 aliphatic rings. The number of hydrogen-bond donors (Lipinski definition) is 1. The Morgan fingerprint density at radius 3 is 3.11 bits per heavy atom. The number of pyridine rings is 1. The summed E-state index contributed by atoms with van der Waals surface area (Å²) in [6.07, 6.45) is 2.81. The van der Waals surface area contributed by atoms with Crippen LogP contribution in [0.3, 0.4) is 0 Å². The first-order valence-electron chi connectivity index (χ1n) is 6.05. The summed E-state index contributed by atoms with van der Waals surface area (Å²) in [4.78, 5) is 13.7. The van der Waals surface area contributed by atoms with Crippen molar-refractivity contribution < 1.29 is 0 Å². The third kappa shape index (κ3) is 1.97. The fraction of sp³-hybridized carbons (Fsp3) is 0.143. The SMILES string of the molecule is Brc1cnc2nc(C3Cc4ccccc4S3)[nH]c2c1. The summed E-state index contributed by atoms with van der Waals surface area (Å²) in [5.41, 5.74) is 3.18. The molecule has 0 saturated carbocycles. The molecule has 1 unspecified atom stereocenters. The summed E-state index contributed by atoms with van der Waals surface area (Å²) in [5.74, 6) is 1.02. The number of imidazole rings is 1. The molecule has 1 N–H and O–H groups in total. The van der Waals surface area contributed by atoms with Crippen LogP contribution in [-0.4, -0.2) is 15.0 Å². The van der Waals surface area contributed by atoms with Crippen molar-refractivity contribution >= 4 is 38.9 Å². The molecule has 0 bridgehead atoms.